The Morgan fingerprint density at radius 3 is 3.00 bits per heavy atom. The van der Waals surface area contributed by atoms with Crippen LogP contribution in [0.15, 0.2) is 29.4 Å². The lowest BCUT2D eigenvalue weighted by Crippen LogP contribution is -2.25. The molecule has 68 valence electrons. The van der Waals surface area contributed by atoms with Gasteiger partial charge in [0.1, 0.15) is 0 Å². The van der Waals surface area contributed by atoms with Crippen LogP contribution >= 0.6 is 11.6 Å². The van der Waals surface area contributed by atoms with Crippen molar-refractivity contribution >= 4 is 23.8 Å². The third-order valence-corrected chi connectivity index (χ3v) is 1.48. The van der Waals surface area contributed by atoms with Gasteiger partial charge >= 0.3 is 0 Å². The molecule has 0 aliphatic carbocycles. The van der Waals surface area contributed by atoms with E-state index in [1.165, 1.54) is 6.21 Å². The molecule has 0 radical (unpaired) electrons. The smallest absolute Gasteiger partial charge is 0.206 e. The number of rotatable bonds is 2. The number of benzene rings is 1. The molecule has 0 unspecified atom stereocenters. The van der Waals surface area contributed by atoms with Crippen LogP contribution in [0.2, 0.25) is 5.02 Å². The predicted molar refractivity (Wildman–Crippen MR) is 54.1 cm³/mol. The minimum Gasteiger partial charge on any atom is -0.369 e. The Labute approximate surface area is 80.9 Å². The number of nitrogens with one attached hydrogen (secondary N) is 2. The van der Waals surface area contributed by atoms with Gasteiger partial charge in [0.25, 0.3) is 0 Å². The number of nitrogens with two attached hydrogens (primary N) is 1. The number of hydrogen-bond acceptors (Lipinski definition) is 2. The van der Waals surface area contributed by atoms with Crippen LogP contribution in [0.5, 0.6) is 0 Å². The van der Waals surface area contributed by atoms with Crippen molar-refractivity contribution in [2.45, 2.75) is 0 Å². The van der Waals surface area contributed by atoms with E-state index in [2.05, 4.69) is 10.5 Å². The van der Waals surface area contributed by atoms with Crippen LogP contribution in [0, 0.1) is 5.41 Å². The molecule has 4 nitrogen and oxygen atoms in total. The molecule has 0 bridgehead atoms. The van der Waals surface area contributed by atoms with Gasteiger partial charge in [0.2, 0.25) is 5.96 Å². The molecule has 1 aromatic carbocycles. The second-order valence-electron chi connectivity index (χ2n) is 2.34. The molecule has 0 saturated heterocycles. The molecule has 13 heavy (non-hydrogen) atoms. The summed E-state index contributed by atoms with van der Waals surface area (Å²) in [5.74, 6) is -0.196. The Hall–Kier alpha value is -1.55. The van der Waals surface area contributed by atoms with Gasteiger partial charge in [-0.15, -0.1) is 0 Å². The second-order valence-corrected chi connectivity index (χ2v) is 2.78. The highest BCUT2D eigenvalue weighted by molar-refractivity contribution is 6.30. The van der Waals surface area contributed by atoms with Gasteiger partial charge in [0.05, 0.1) is 6.21 Å². The first-order valence-corrected chi connectivity index (χ1v) is 3.95. The van der Waals surface area contributed by atoms with Crippen molar-refractivity contribution in [3.63, 3.8) is 0 Å². The minimum atomic E-state index is -0.196. The Morgan fingerprint density at radius 1 is 1.62 bits per heavy atom. The van der Waals surface area contributed by atoms with Gasteiger partial charge in [0.15, 0.2) is 0 Å². The van der Waals surface area contributed by atoms with Crippen LogP contribution in [-0.2, 0) is 0 Å². The zero-order valence-electron chi connectivity index (χ0n) is 6.79. The molecule has 0 heterocycles. The summed E-state index contributed by atoms with van der Waals surface area (Å²) in [5.41, 5.74) is 8.17. The molecule has 1 aromatic rings. The molecular formula is C8H9ClN4. The zero-order valence-corrected chi connectivity index (χ0v) is 7.55. The van der Waals surface area contributed by atoms with Crippen molar-refractivity contribution in [1.82, 2.24) is 5.43 Å². The molecule has 1 rings (SSSR count). The van der Waals surface area contributed by atoms with Gasteiger partial charge in [-0.1, -0.05) is 23.7 Å². The molecule has 0 saturated carbocycles. The molecule has 0 aliphatic rings. The lowest BCUT2D eigenvalue weighted by atomic mass is 10.2. The number of halogens is 1. The van der Waals surface area contributed by atoms with Crippen molar-refractivity contribution in [3.05, 3.63) is 34.9 Å². The van der Waals surface area contributed by atoms with Gasteiger partial charge in [-0.2, -0.15) is 5.10 Å². The maximum atomic E-state index is 6.83. The SMILES string of the molecule is N=C(N)N/N=C/c1cccc(Cl)c1. The molecule has 0 amide bonds. The van der Waals surface area contributed by atoms with E-state index in [1.54, 1.807) is 12.1 Å². The van der Waals surface area contributed by atoms with E-state index in [0.29, 0.717) is 5.02 Å². The van der Waals surface area contributed by atoms with Gasteiger partial charge in [-0.05, 0) is 17.7 Å². The molecule has 5 heteroatoms. The fraction of sp³-hybridized carbons (Fsp3) is 0. The van der Waals surface area contributed by atoms with Gasteiger partial charge < -0.3 is 5.73 Å². The Kier molecular flexibility index (Phi) is 3.28. The van der Waals surface area contributed by atoms with Crippen LogP contribution in [0.1, 0.15) is 5.56 Å². The highest BCUT2D eigenvalue weighted by Gasteiger charge is 1.88. The van der Waals surface area contributed by atoms with Crippen LogP contribution in [0.3, 0.4) is 0 Å². The topological polar surface area (TPSA) is 74.3 Å². The monoisotopic (exact) mass is 196 g/mol. The highest BCUT2D eigenvalue weighted by Crippen LogP contribution is 2.08. The number of hydrogen-bond donors (Lipinski definition) is 3. The van der Waals surface area contributed by atoms with E-state index in [9.17, 15) is 0 Å². The van der Waals surface area contributed by atoms with Crippen molar-refractivity contribution in [2.24, 2.45) is 10.8 Å². The largest absolute Gasteiger partial charge is 0.369 e. The van der Waals surface area contributed by atoms with Gasteiger partial charge in [0, 0.05) is 5.02 Å². The van der Waals surface area contributed by atoms with Crippen LogP contribution < -0.4 is 11.2 Å². The second kappa shape index (κ2) is 4.47. The number of nitrogens with zero attached hydrogens (tertiary/aromatic N) is 1. The summed E-state index contributed by atoms with van der Waals surface area (Å²) in [6.45, 7) is 0. The lowest BCUT2D eigenvalue weighted by molar-refractivity contribution is 1.00. The summed E-state index contributed by atoms with van der Waals surface area (Å²) in [6, 6.07) is 7.19. The fourth-order valence-electron chi connectivity index (χ4n) is 0.763. The van der Waals surface area contributed by atoms with Gasteiger partial charge in [-0.25, -0.2) is 5.43 Å². The normalized spacial score (nSPS) is 10.2. The lowest BCUT2D eigenvalue weighted by Gasteiger charge is -1.95. The van der Waals surface area contributed by atoms with E-state index >= 15 is 0 Å². The summed E-state index contributed by atoms with van der Waals surface area (Å²) in [4.78, 5) is 0. The van der Waals surface area contributed by atoms with Crippen molar-refractivity contribution < 1.29 is 0 Å². The average molecular weight is 197 g/mol. The first-order chi connectivity index (χ1) is 6.18. The number of guanidine groups is 1. The van der Waals surface area contributed by atoms with E-state index in [0.717, 1.165) is 5.56 Å². The molecule has 0 fully saturated rings. The molecule has 0 atom stereocenters. The fourth-order valence-corrected chi connectivity index (χ4v) is 0.962. The standard InChI is InChI=1S/C8H9ClN4/c9-7-3-1-2-6(4-7)5-12-13-8(10)11/h1-5H,(H4,10,11,13)/b12-5+. The first-order valence-electron chi connectivity index (χ1n) is 3.57. The zero-order chi connectivity index (χ0) is 9.68. The van der Waals surface area contributed by atoms with E-state index < -0.39 is 0 Å². The van der Waals surface area contributed by atoms with Crippen molar-refractivity contribution in [2.75, 3.05) is 0 Å². The van der Waals surface area contributed by atoms with Crippen LogP contribution in [-0.4, -0.2) is 12.2 Å². The third-order valence-electron chi connectivity index (χ3n) is 1.25. The van der Waals surface area contributed by atoms with E-state index in [-0.39, 0.29) is 5.96 Å². The average Bonchev–Trinajstić information content (AvgIpc) is 2.03. The predicted octanol–water partition coefficient (Wildman–Crippen LogP) is 1.16. The Balaban J connectivity index is 2.63. The summed E-state index contributed by atoms with van der Waals surface area (Å²) in [7, 11) is 0. The van der Waals surface area contributed by atoms with Crippen LogP contribution in [0.25, 0.3) is 0 Å². The van der Waals surface area contributed by atoms with Crippen molar-refractivity contribution in [1.29, 1.82) is 5.41 Å². The summed E-state index contributed by atoms with van der Waals surface area (Å²) in [5, 5.41) is 11.2. The summed E-state index contributed by atoms with van der Waals surface area (Å²) in [6.07, 6.45) is 1.54. The summed E-state index contributed by atoms with van der Waals surface area (Å²) >= 11 is 5.74. The number of hydrazone groups is 1. The third kappa shape index (κ3) is 3.57. The maximum Gasteiger partial charge on any atom is 0.206 e. The van der Waals surface area contributed by atoms with Crippen LogP contribution in [0.4, 0.5) is 0 Å². The molecule has 4 N–H and O–H groups in total. The summed E-state index contributed by atoms with van der Waals surface area (Å²) < 4.78 is 0. The molecule has 0 spiro atoms. The first kappa shape index (κ1) is 9.54. The van der Waals surface area contributed by atoms with E-state index in [4.69, 9.17) is 22.7 Å². The minimum absolute atomic E-state index is 0.196. The molecule has 0 aromatic heterocycles. The molecule has 0 aliphatic heterocycles. The molecular weight excluding hydrogens is 188 g/mol. The Bertz CT molecular complexity index is 335. The Morgan fingerprint density at radius 2 is 2.38 bits per heavy atom. The van der Waals surface area contributed by atoms with E-state index in [1.807, 2.05) is 12.1 Å². The maximum absolute atomic E-state index is 6.83. The van der Waals surface area contributed by atoms with Crippen molar-refractivity contribution in [3.8, 4) is 0 Å². The highest BCUT2D eigenvalue weighted by atomic mass is 35.5. The quantitative estimate of drug-likeness (QED) is 0.377. The van der Waals surface area contributed by atoms with Gasteiger partial charge in [-0.3, -0.25) is 5.41 Å².